The number of hydrogen-bond acceptors (Lipinski definition) is 4. The maximum atomic E-state index is 5.76. The minimum atomic E-state index is 0.602. The first kappa shape index (κ1) is 16.9. The van der Waals surface area contributed by atoms with Crippen molar-refractivity contribution in [2.75, 3.05) is 13.2 Å². The first-order valence-corrected chi connectivity index (χ1v) is 8.84. The van der Waals surface area contributed by atoms with Crippen molar-refractivity contribution in [3.63, 3.8) is 0 Å². The molecular formula is C21H20N4O2. The molecule has 27 heavy (non-hydrogen) atoms. The van der Waals surface area contributed by atoms with Gasteiger partial charge >= 0.3 is 0 Å². The predicted molar refractivity (Wildman–Crippen MR) is 104 cm³/mol. The van der Waals surface area contributed by atoms with E-state index in [2.05, 4.69) is 19.9 Å². The SMILES string of the molecule is c1c[nH]c(-c2ccc(OCCCOc3ccc(-c4ncc[nH]4)cc3)cc2)n1. The molecule has 0 amide bonds. The van der Waals surface area contributed by atoms with Crippen LogP contribution < -0.4 is 9.47 Å². The number of imidazole rings is 2. The Morgan fingerprint density at radius 1 is 0.630 bits per heavy atom. The van der Waals surface area contributed by atoms with Crippen molar-refractivity contribution >= 4 is 0 Å². The monoisotopic (exact) mass is 360 g/mol. The Labute approximate surface area is 157 Å². The molecule has 2 heterocycles. The molecule has 0 saturated heterocycles. The third-order valence-electron chi connectivity index (χ3n) is 4.08. The first-order chi connectivity index (χ1) is 13.4. The zero-order chi connectivity index (χ0) is 18.3. The van der Waals surface area contributed by atoms with Crippen molar-refractivity contribution in [2.24, 2.45) is 0 Å². The highest BCUT2D eigenvalue weighted by Crippen LogP contribution is 2.20. The highest BCUT2D eigenvalue weighted by molar-refractivity contribution is 5.56. The molecule has 4 aromatic rings. The highest BCUT2D eigenvalue weighted by Gasteiger charge is 2.02. The fourth-order valence-electron chi connectivity index (χ4n) is 2.70. The second-order valence-electron chi connectivity index (χ2n) is 5.97. The second kappa shape index (κ2) is 8.23. The Morgan fingerprint density at radius 3 is 1.44 bits per heavy atom. The van der Waals surface area contributed by atoms with Gasteiger partial charge in [-0.3, -0.25) is 0 Å². The average molecular weight is 360 g/mol. The van der Waals surface area contributed by atoms with Crippen LogP contribution in [-0.4, -0.2) is 33.1 Å². The van der Waals surface area contributed by atoms with Crippen molar-refractivity contribution in [3.05, 3.63) is 73.3 Å². The third-order valence-corrected chi connectivity index (χ3v) is 4.08. The van der Waals surface area contributed by atoms with Gasteiger partial charge in [-0.05, 0) is 48.5 Å². The van der Waals surface area contributed by atoms with Crippen LogP contribution in [0.4, 0.5) is 0 Å². The van der Waals surface area contributed by atoms with Gasteiger partial charge in [0.25, 0.3) is 0 Å². The first-order valence-electron chi connectivity index (χ1n) is 8.84. The Morgan fingerprint density at radius 2 is 1.07 bits per heavy atom. The maximum absolute atomic E-state index is 5.76. The standard InChI is InChI=1S/C21H20N4O2/c1(14-26-18-6-2-16(3-7-18)20-22-10-11-23-20)15-27-19-8-4-17(5-9-19)21-24-12-13-25-21/h2-13H,1,14-15H2,(H,22,23)(H,24,25). The maximum Gasteiger partial charge on any atom is 0.137 e. The molecule has 0 aliphatic carbocycles. The number of aromatic nitrogens is 4. The number of H-pyrrole nitrogens is 2. The van der Waals surface area contributed by atoms with Gasteiger partial charge in [-0.2, -0.15) is 0 Å². The number of aromatic amines is 2. The molecule has 136 valence electrons. The summed E-state index contributed by atoms with van der Waals surface area (Å²) in [6.07, 6.45) is 7.91. The summed E-state index contributed by atoms with van der Waals surface area (Å²) < 4.78 is 11.5. The molecule has 6 heteroatoms. The molecule has 0 aliphatic heterocycles. The average Bonchev–Trinajstić information content (AvgIpc) is 3.43. The fraction of sp³-hybridized carbons (Fsp3) is 0.143. The van der Waals surface area contributed by atoms with Crippen LogP contribution >= 0.6 is 0 Å². The summed E-state index contributed by atoms with van der Waals surface area (Å²) in [4.78, 5) is 14.6. The lowest BCUT2D eigenvalue weighted by molar-refractivity contribution is 0.247. The molecule has 0 fully saturated rings. The van der Waals surface area contributed by atoms with E-state index < -0.39 is 0 Å². The Hall–Kier alpha value is -3.54. The van der Waals surface area contributed by atoms with Crippen molar-refractivity contribution in [3.8, 4) is 34.3 Å². The zero-order valence-electron chi connectivity index (χ0n) is 14.8. The van der Waals surface area contributed by atoms with Gasteiger partial charge in [0.05, 0.1) is 13.2 Å². The molecule has 0 bridgehead atoms. The van der Waals surface area contributed by atoms with E-state index in [1.165, 1.54) is 0 Å². The molecule has 0 saturated carbocycles. The molecule has 6 nitrogen and oxygen atoms in total. The molecule has 2 N–H and O–H groups in total. The van der Waals surface area contributed by atoms with E-state index in [1.807, 2.05) is 60.9 Å². The number of nitrogens with zero attached hydrogens (tertiary/aromatic N) is 2. The van der Waals surface area contributed by atoms with E-state index in [9.17, 15) is 0 Å². The van der Waals surface area contributed by atoms with Crippen LogP contribution in [0.3, 0.4) is 0 Å². The van der Waals surface area contributed by atoms with Crippen molar-refractivity contribution < 1.29 is 9.47 Å². The summed E-state index contributed by atoms with van der Waals surface area (Å²) in [6, 6.07) is 15.8. The Bertz CT molecular complexity index is 851. The van der Waals surface area contributed by atoms with Crippen LogP contribution in [0.5, 0.6) is 11.5 Å². The lowest BCUT2D eigenvalue weighted by Crippen LogP contribution is -2.05. The van der Waals surface area contributed by atoms with E-state index in [0.29, 0.717) is 13.2 Å². The summed E-state index contributed by atoms with van der Waals surface area (Å²) in [5.74, 6) is 3.39. The fourth-order valence-corrected chi connectivity index (χ4v) is 2.70. The Balaban J connectivity index is 1.19. The van der Waals surface area contributed by atoms with Gasteiger partial charge in [0.1, 0.15) is 23.1 Å². The van der Waals surface area contributed by atoms with Crippen LogP contribution in [0.1, 0.15) is 6.42 Å². The van der Waals surface area contributed by atoms with Gasteiger partial charge in [-0.25, -0.2) is 9.97 Å². The molecule has 0 radical (unpaired) electrons. The largest absolute Gasteiger partial charge is 0.493 e. The van der Waals surface area contributed by atoms with Gasteiger partial charge in [0.2, 0.25) is 0 Å². The van der Waals surface area contributed by atoms with Crippen LogP contribution in [0, 0.1) is 0 Å². The number of nitrogens with one attached hydrogen (secondary N) is 2. The molecule has 2 aromatic heterocycles. The van der Waals surface area contributed by atoms with Crippen LogP contribution in [0.2, 0.25) is 0 Å². The summed E-state index contributed by atoms with van der Waals surface area (Å²) in [5, 5.41) is 0. The third kappa shape index (κ3) is 4.36. The smallest absolute Gasteiger partial charge is 0.137 e. The van der Waals surface area contributed by atoms with E-state index in [-0.39, 0.29) is 0 Å². The molecular weight excluding hydrogens is 340 g/mol. The van der Waals surface area contributed by atoms with Gasteiger partial charge in [-0.1, -0.05) is 0 Å². The number of ether oxygens (including phenoxy) is 2. The molecule has 0 spiro atoms. The normalized spacial score (nSPS) is 10.7. The summed E-state index contributed by atoms with van der Waals surface area (Å²) in [5.41, 5.74) is 2.07. The molecule has 0 atom stereocenters. The quantitative estimate of drug-likeness (QED) is 0.459. The van der Waals surface area contributed by atoms with Crippen molar-refractivity contribution in [2.45, 2.75) is 6.42 Å². The van der Waals surface area contributed by atoms with Gasteiger partial charge in [-0.15, -0.1) is 0 Å². The highest BCUT2D eigenvalue weighted by atomic mass is 16.5. The van der Waals surface area contributed by atoms with Crippen LogP contribution in [-0.2, 0) is 0 Å². The Kier molecular flexibility index (Phi) is 5.15. The number of benzene rings is 2. The summed E-state index contributed by atoms with van der Waals surface area (Å²) in [6.45, 7) is 1.20. The van der Waals surface area contributed by atoms with Gasteiger partial charge in [0.15, 0.2) is 0 Å². The predicted octanol–water partition coefficient (Wildman–Crippen LogP) is 4.31. The van der Waals surface area contributed by atoms with Gasteiger partial charge in [0, 0.05) is 42.3 Å². The van der Waals surface area contributed by atoms with Crippen molar-refractivity contribution in [1.29, 1.82) is 0 Å². The zero-order valence-corrected chi connectivity index (χ0v) is 14.8. The molecule has 0 aliphatic rings. The van der Waals surface area contributed by atoms with Gasteiger partial charge < -0.3 is 19.4 Å². The lowest BCUT2D eigenvalue weighted by atomic mass is 10.2. The van der Waals surface area contributed by atoms with E-state index in [1.54, 1.807) is 12.4 Å². The number of rotatable bonds is 8. The lowest BCUT2D eigenvalue weighted by Gasteiger charge is -2.09. The molecule has 2 aromatic carbocycles. The van der Waals surface area contributed by atoms with E-state index in [0.717, 1.165) is 40.7 Å². The summed E-state index contributed by atoms with van der Waals surface area (Å²) in [7, 11) is 0. The van der Waals surface area contributed by atoms with Crippen molar-refractivity contribution in [1.82, 2.24) is 19.9 Å². The van der Waals surface area contributed by atoms with Crippen LogP contribution in [0.25, 0.3) is 22.8 Å². The summed E-state index contributed by atoms with van der Waals surface area (Å²) >= 11 is 0. The molecule has 0 unspecified atom stereocenters. The van der Waals surface area contributed by atoms with Crippen LogP contribution in [0.15, 0.2) is 73.3 Å². The van der Waals surface area contributed by atoms with E-state index in [4.69, 9.17) is 9.47 Å². The minimum Gasteiger partial charge on any atom is -0.493 e. The topological polar surface area (TPSA) is 75.8 Å². The number of hydrogen-bond donors (Lipinski definition) is 2. The second-order valence-corrected chi connectivity index (χ2v) is 5.97. The molecule has 4 rings (SSSR count). The minimum absolute atomic E-state index is 0.602. The van der Waals surface area contributed by atoms with E-state index >= 15 is 0 Å².